The van der Waals surface area contributed by atoms with Gasteiger partial charge in [-0.25, -0.2) is 0 Å². The van der Waals surface area contributed by atoms with Crippen LogP contribution in [0.3, 0.4) is 0 Å². The number of nitrogens with zero attached hydrogens (tertiary/aromatic N) is 1. The fraction of sp³-hybridized carbons (Fsp3) is 0.667. The average molecular weight is 274 g/mol. The Morgan fingerprint density at radius 3 is 2.50 bits per heavy atom. The van der Waals surface area contributed by atoms with Gasteiger partial charge in [0.2, 0.25) is 0 Å². The van der Waals surface area contributed by atoms with Gasteiger partial charge in [-0.2, -0.15) is 0 Å². The van der Waals surface area contributed by atoms with Crippen molar-refractivity contribution in [2.75, 3.05) is 19.6 Å². The smallest absolute Gasteiger partial charge is 0.0449 e. The van der Waals surface area contributed by atoms with Crippen molar-refractivity contribution in [1.29, 1.82) is 0 Å². The SMILES string of the molecule is CCC(C)C1CNC(c2ccccc2)CN1CC(C)C. The van der Waals surface area contributed by atoms with Crippen LogP contribution in [0.25, 0.3) is 0 Å². The third kappa shape index (κ3) is 3.83. The summed E-state index contributed by atoms with van der Waals surface area (Å²) in [5.41, 5.74) is 1.42. The van der Waals surface area contributed by atoms with E-state index in [0.717, 1.165) is 24.9 Å². The fourth-order valence-corrected chi connectivity index (χ4v) is 3.25. The molecule has 0 spiro atoms. The highest BCUT2D eigenvalue weighted by molar-refractivity contribution is 5.20. The molecule has 0 aliphatic carbocycles. The lowest BCUT2D eigenvalue weighted by molar-refractivity contribution is 0.0799. The normalized spacial score (nSPS) is 25.9. The molecule has 20 heavy (non-hydrogen) atoms. The minimum atomic E-state index is 0.482. The molecule has 112 valence electrons. The van der Waals surface area contributed by atoms with Gasteiger partial charge in [0.05, 0.1) is 0 Å². The summed E-state index contributed by atoms with van der Waals surface area (Å²) in [7, 11) is 0. The standard InChI is InChI=1S/C18H30N2/c1-5-15(4)18-11-19-17(13-20(18)12-14(2)3)16-9-7-6-8-10-16/h6-10,14-15,17-19H,5,11-13H2,1-4H3. The second-order valence-corrected chi connectivity index (χ2v) is 6.67. The molecule has 2 nitrogen and oxygen atoms in total. The van der Waals surface area contributed by atoms with Crippen LogP contribution in [0.2, 0.25) is 0 Å². The maximum absolute atomic E-state index is 3.76. The van der Waals surface area contributed by atoms with Crippen LogP contribution in [-0.4, -0.2) is 30.6 Å². The minimum absolute atomic E-state index is 0.482. The third-order valence-corrected chi connectivity index (χ3v) is 4.56. The van der Waals surface area contributed by atoms with Crippen LogP contribution in [0.15, 0.2) is 30.3 Å². The second-order valence-electron chi connectivity index (χ2n) is 6.67. The van der Waals surface area contributed by atoms with Gasteiger partial charge in [0.15, 0.2) is 0 Å². The number of nitrogens with one attached hydrogen (secondary N) is 1. The molecule has 2 rings (SSSR count). The first-order valence-corrected chi connectivity index (χ1v) is 8.14. The number of rotatable bonds is 5. The van der Waals surface area contributed by atoms with E-state index in [2.05, 4.69) is 68.2 Å². The Balaban J connectivity index is 2.08. The zero-order chi connectivity index (χ0) is 14.5. The van der Waals surface area contributed by atoms with Crippen molar-refractivity contribution in [2.24, 2.45) is 11.8 Å². The lowest BCUT2D eigenvalue weighted by atomic mass is 9.92. The molecule has 1 aromatic carbocycles. The Morgan fingerprint density at radius 2 is 1.90 bits per heavy atom. The molecule has 0 radical (unpaired) electrons. The van der Waals surface area contributed by atoms with Crippen molar-refractivity contribution in [3.05, 3.63) is 35.9 Å². The minimum Gasteiger partial charge on any atom is -0.307 e. The van der Waals surface area contributed by atoms with Gasteiger partial charge >= 0.3 is 0 Å². The Morgan fingerprint density at radius 1 is 1.20 bits per heavy atom. The molecular formula is C18H30N2. The fourth-order valence-electron chi connectivity index (χ4n) is 3.25. The van der Waals surface area contributed by atoms with E-state index in [-0.39, 0.29) is 0 Å². The van der Waals surface area contributed by atoms with Crippen molar-refractivity contribution in [3.8, 4) is 0 Å². The van der Waals surface area contributed by atoms with Crippen LogP contribution in [-0.2, 0) is 0 Å². The Bertz CT molecular complexity index is 388. The van der Waals surface area contributed by atoms with Crippen LogP contribution < -0.4 is 5.32 Å². The second kappa shape index (κ2) is 7.24. The summed E-state index contributed by atoms with van der Waals surface area (Å²) in [5.74, 6) is 1.49. The number of piperazine rings is 1. The first-order valence-electron chi connectivity index (χ1n) is 8.14. The average Bonchev–Trinajstić information content (AvgIpc) is 2.46. The number of hydrogen-bond donors (Lipinski definition) is 1. The van der Waals surface area contributed by atoms with Crippen molar-refractivity contribution in [2.45, 2.75) is 46.2 Å². The van der Waals surface area contributed by atoms with E-state index in [1.54, 1.807) is 0 Å². The van der Waals surface area contributed by atoms with Crippen molar-refractivity contribution in [1.82, 2.24) is 10.2 Å². The molecule has 1 aliphatic heterocycles. The highest BCUT2D eigenvalue weighted by Crippen LogP contribution is 2.25. The van der Waals surface area contributed by atoms with E-state index in [1.165, 1.54) is 18.5 Å². The first kappa shape index (κ1) is 15.5. The molecule has 0 bridgehead atoms. The number of hydrogen-bond acceptors (Lipinski definition) is 2. The van der Waals surface area contributed by atoms with Gasteiger partial charge < -0.3 is 5.32 Å². The monoisotopic (exact) mass is 274 g/mol. The first-order chi connectivity index (χ1) is 9.61. The lowest BCUT2D eigenvalue weighted by Gasteiger charge is -2.44. The maximum Gasteiger partial charge on any atom is 0.0449 e. The molecule has 3 unspecified atom stereocenters. The predicted octanol–water partition coefficient (Wildman–Crippen LogP) is 3.70. The van der Waals surface area contributed by atoms with E-state index < -0.39 is 0 Å². The van der Waals surface area contributed by atoms with Crippen LogP contribution in [0.5, 0.6) is 0 Å². The Labute approximate surface area is 124 Å². The van der Waals surface area contributed by atoms with Gasteiger partial charge in [-0.3, -0.25) is 4.90 Å². The molecule has 1 N–H and O–H groups in total. The van der Waals surface area contributed by atoms with Gasteiger partial charge in [0, 0.05) is 31.7 Å². The van der Waals surface area contributed by atoms with Gasteiger partial charge in [-0.1, -0.05) is 64.4 Å². The molecule has 3 atom stereocenters. The molecule has 1 saturated heterocycles. The molecule has 1 heterocycles. The predicted molar refractivity (Wildman–Crippen MR) is 86.8 cm³/mol. The summed E-state index contributed by atoms with van der Waals surface area (Å²) in [6.07, 6.45) is 1.26. The van der Waals surface area contributed by atoms with E-state index >= 15 is 0 Å². The molecule has 1 fully saturated rings. The van der Waals surface area contributed by atoms with Gasteiger partial charge in [-0.05, 0) is 17.4 Å². The Hall–Kier alpha value is -0.860. The highest BCUT2D eigenvalue weighted by Gasteiger charge is 2.31. The van der Waals surface area contributed by atoms with E-state index in [4.69, 9.17) is 0 Å². The zero-order valence-corrected chi connectivity index (χ0v) is 13.5. The van der Waals surface area contributed by atoms with Crippen LogP contribution in [0, 0.1) is 11.8 Å². The molecule has 0 amide bonds. The quantitative estimate of drug-likeness (QED) is 0.880. The Kier molecular flexibility index (Phi) is 5.62. The summed E-state index contributed by atoms with van der Waals surface area (Å²) in [5, 5.41) is 3.76. The van der Waals surface area contributed by atoms with E-state index in [0.29, 0.717) is 12.1 Å². The highest BCUT2D eigenvalue weighted by atomic mass is 15.2. The summed E-state index contributed by atoms with van der Waals surface area (Å²) >= 11 is 0. The van der Waals surface area contributed by atoms with Crippen molar-refractivity contribution < 1.29 is 0 Å². The molecule has 2 heteroatoms. The molecule has 0 aromatic heterocycles. The van der Waals surface area contributed by atoms with Gasteiger partial charge in [0.1, 0.15) is 0 Å². The molecular weight excluding hydrogens is 244 g/mol. The van der Waals surface area contributed by atoms with E-state index in [1.807, 2.05) is 0 Å². The van der Waals surface area contributed by atoms with Gasteiger partial charge in [-0.15, -0.1) is 0 Å². The molecule has 1 aliphatic rings. The summed E-state index contributed by atoms with van der Waals surface area (Å²) in [6, 6.07) is 12.0. The number of benzene rings is 1. The summed E-state index contributed by atoms with van der Waals surface area (Å²) in [4.78, 5) is 2.72. The van der Waals surface area contributed by atoms with Crippen LogP contribution >= 0.6 is 0 Å². The van der Waals surface area contributed by atoms with Crippen molar-refractivity contribution in [3.63, 3.8) is 0 Å². The van der Waals surface area contributed by atoms with Crippen molar-refractivity contribution >= 4 is 0 Å². The third-order valence-electron chi connectivity index (χ3n) is 4.56. The maximum atomic E-state index is 3.76. The van der Waals surface area contributed by atoms with Gasteiger partial charge in [0.25, 0.3) is 0 Å². The van der Waals surface area contributed by atoms with Crippen LogP contribution in [0.4, 0.5) is 0 Å². The topological polar surface area (TPSA) is 15.3 Å². The lowest BCUT2D eigenvalue weighted by Crippen LogP contribution is -2.55. The largest absolute Gasteiger partial charge is 0.307 e. The molecule has 0 saturated carbocycles. The zero-order valence-electron chi connectivity index (χ0n) is 13.5. The summed E-state index contributed by atoms with van der Waals surface area (Å²) < 4.78 is 0. The molecule has 1 aromatic rings. The van der Waals surface area contributed by atoms with E-state index in [9.17, 15) is 0 Å². The van der Waals surface area contributed by atoms with Crippen LogP contribution in [0.1, 0.15) is 45.7 Å². The summed E-state index contributed by atoms with van der Waals surface area (Å²) in [6.45, 7) is 12.8.